The van der Waals surface area contributed by atoms with E-state index in [1.165, 1.54) is 17.1 Å². The number of aromatic nitrogens is 2. The molecule has 0 saturated carbocycles. The minimum atomic E-state index is -3.51. The van der Waals surface area contributed by atoms with Gasteiger partial charge in [0.1, 0.15) is 4.90 Å². The number of nitrogens with zero attached hydrogens (tertiary/aromatic N) is 2. The van der Waals surface area contributed by atoms with Gasteiger partial charge in [-0.1, -0.05) is 0 Å². The number of sulfonamides is 1. The van der Waals surface area contributed by atoms with E-state index in [0.717, 1.165) is 5.56 Å². The van der Waals surface area contributed by atoms with Crippen molar-refractivity contribution in [1.29, 1.82) is 0 Å². The third kappa shape index (κ3) is 2.99. The number of nitrogens with one attached hydrogen (secondary N) is 1. The van der Waals surface area contributed by atoms with Crippen molar-refractivity contribution in [2.24, 2.45) is 7.05 Å². The summed E-state index contributed by atoms with van der Waals surface area (Å²) in [6.07, 6.45) is 6.54. The highest BCUT2D eigenvalue weighted by Gasteiger charge is 2.19. The predicted molar refractivity (Wildman–Crippen MR) is 65.4 cm³/mol. The van der Waals surface area contributed by atoms with E-state index in [-0.39, 0.29) is 10.9 Å². The van der Waals surface area contributed by atoms with E-state index in [1.807, 2.05) is 6.07 Å². The number of hydrogen-bond acceptors (Lipinski definition) is 4. The fraction of sp³-hybridized carbons (Fsp3) is 0.364. The fourth-order valence-corrected chi connectivity index (χ4v) is 2.90. The summed E-state index contributed by atoms with van der Waals surface area (Å²) in [5.74, 6) is 0. The van der Waals surface area contributed by atoms with Gasteiger partial charge in [0.25, 0.3) is 0 Å². The molecule has 0 aromatic carbocycles. The van der Waals surface area contributed by atoms with Gasteiger partial charge in [-0.2, -0.15) is 5.10 Å². The SMILES string of the molecule is C[C@@H](Cc1ccoc1)NS(=O)(=O)c1cnn(C)c1. The molecule has 1 atom stereocenters. The zero-order chi connectivity index (χ0) is 13.2. The summed E-state index contributed by atoms with van der Waals surface area (Å²) >= 11 is 0. The Morgan fingerprint density at radius 3 is 2.89 bits per heavy atom. The minimum Gasteiger partial charge on any atom is -0.472 e. The molecular weight excluding hydrogens is 254 g/mol. The van der Waals surface area contributed by atoms with E-state index < -0.39 is 10.0 Å². The summed E-state index contributed by atoms with van der Waals surface area (Å²) in [6.45, 7) is 1.81. The molecule has 0 radical (unpaired) electrons. The molecule has 0 amide bonds. The topological polar surface area (TPSA) is 77.1 Å². The highest BCUT2D eigenvalue weighted by Crippen LogP contribution is 2.09. The first kappa shape index (κ1) is 12.8. The van der Waals surface area contributed by atoms with Gasteiger partial charge in [0.2, 0.25) is 10.0 Å². The van der Waals surface area contributed by atoms with Crippen LogP contribution in [0.1, 0.15) is 12.5 Å². The Morgan fingerprint density at radius 1 is 1.56 bits per heavy atom. The lowest BCUT2D eigenvalue weighted by Gasteiger charge is -2.12. The predicted octanol–water partition coefficient (Wildman–Crippen LogP) is 0.923. The van der Waals surface area contributed by atoms with E-state index in [4.69, 9.17) is 4.42 Å². The summed E-state index contributed by atoms with van der Waals surface area (Å²) in [7, 11) is -1.83. The first-order valence-electron chi connectivity index (χ1n) is 5.49. The molecule has 2 aromatic rings. The van der Waals surface area contributed by atoms with Gasteiger partial charge in [0, 0.05) is 19.3 Å². The first-order chi connectivity index (χ1) is 8.47. The lowest BCUT2D eigenvalue weighted by atomic mass is 10.1. The van der Waals surface area contributed by atoms with Crippen molar-refractivity contribution in [2.75, 3.05) is 0 Å². The second-order valence-electron chi connectivity index (χ2n) is 4.21. The van der Waals surface area contributed by atoms with Crippen LogP contribution in [0.15, 0.2) is 40.3 Å². The van der Waals surface area contributed by atoms with Gasteiger partial charge in [0.15, 0.2) is 0 Å². The normalized spacial score (nSPS) is 13.7. The van der Waals surface area contributed by atoms with Crippen LogP contribution in [0.5, 0.6) is 0 Å². The Bertz CT molecular complexity index is 601. The molecule has 7 heteroatoms. The highest BCUT2D eigenvalue weighted by molar-refractivity contribution is 7.89. The second-order valence-corrected chi connectivity index (χ2v) is 5.92. The van der Waals surface area contributed by atoms with Crippen LogP contribution >= 0.6 is 0 Å². The Morgan fingerprint density at radius 2 is 2.33 bits per heavy atom. The molecule has 0 aliphatic heterocycles. The molecule has 6 nitrogen and oxygen atoms in total. The number of aryl methyl sites for hydroxylation is 1. The van der Waals surface area contributed by atoms with Crippen molar-refractivity contribution in [3.05, 3.63) is 36.5 Å². The first-order valence-corrected chi connectivity index (χ1v) is 6.98. The Labute approximate surface area is 106 Å². The summed E-state index contributed by atoms with van der Waals surface area (Å²) in [5.41, 5.74) is 0.955. The minimum absolute atomic E-state index is 0.170. The van der Waals surface area contributed by atoms with Crippen molar-refractivity contribution in [3.63, 3.8) is 0 Å². The van der Waals surface area contributed by atoms with Gasteiger partial charge >= 0.3 is 0 Å². The zero-order valence-electron chi connectivity index (χ0n) is 10.2. The van der Waals surface area contributed by atoms with Gasteiger partial charge < -0.3 is 4.42 Å². The van der Waals surface area contributed by atoms with Crippen molar-refractivity contribution in [1.82, 2.24) is 14.5 Å². The van der Waals surface area contributed by atoms with E-state index in [0.29, 0.717) is 6.42 Å². The van der Waals surface area contributed by atoms with Gasteiger partial charge in [-0.05, 0) is 25.0 Å². The average Bonchev–Trinajstić information content (AvgIpc) is 2.88. The maximum absolute atomic E-state index is 12.0. The molecule has 0 aliphatic rings. The van der Waals surface area contributed by atoms with Crippen LogP contribution in [-0.2, 0) is 23.5 Å². The van der Waals surface area contributed by atoms with E-state index in [2.05, 4.69) is 9.82 Å². The number of hydrogen-bond donors (Lipinski definition) is 1. The van der Waals surface area contributed by atoms with Crippen molar-refractivity contribution < 1.29 is 12.8 Å². The van der Waals surface area contributed by atoms with Crippen LogP contribution in [0.4, 0.5) is 0 Å². The molecular formula is C11H15N3O3S. The molecule has 0 spiro atoms. The average molecular weight is 269 g/mol. The van der Waals surface area contributed by atoms with Crippen LogP contribution in [-0.4, -0.2) is 24.2 Å². The maximum Gasteiger partial charge on any atom is 0.243 e. The van der Waals surface area contributed by atoms with E-state index in [1.54, 1.807) is 26.5 Å². The molecule has 0 bridgehead atoms. The summed E-state index contributed by atoms with van der Waals surface area (Å²) in [5, 5.41) is 3.85. The maximum atomic E-state index is 12.0. The van der Waals surface area contributed by atoms with Gasteiger partial charge in [0.05, 0.1) is 18.7 Å². The molecule has 0 aliphatic carbocycles. The summed E-state index contributed by atoms with van der Waals surface area (Å²) in [4.78, 5) is 0.170. The van der Waals surface area contributed by atoms with Crippen LogP contribution in [0, 0.1) is 0 Å². The standard InChI is InChI=1S/C11H15N3O3S/c1-9(5-10-3-4-17-8-10)13-18(15,16)11-6-12-14(2)7-11/h3-4,6-9,13H,5H2,1-2H3/t9-/m0/s1. The third-order valence-corrected chi connectivity index (χ3v) is 4.01. The molecule has 0 saturated heterocycles. The Hall–Kier alpha value is -1.60. The smallest absolute Gasteiger partial charge is 0.243 e. The third-order valence-electron chi connectivity index (χ3n) is 2.47. The van der Waals surface area contributed by atoms with Crippen molar-refractivity contribution in [3.8, 4) is 0 Å². The number of rotatable bonds is 5. The monoisotopic (exact) mass is 269 g/mol. The van der Waals surface area contributed by atoms with Crippen LogP contribution in [0.3, 0.4) is 0 Å². The van der Waals surface area contributed by atoms with Crippen molar-refractivity contribution in [2.45, 2.75) is 24.3 Å². The molecule has 98 valence electrons. The lowest BCUT2D eigenvalue weighted by molar-refractivity contribution is 0.549. The molecule has 18 heavy (non-hydrogen) atoms. The zero-order valence-corrected chi connectivity index (χ0v) is 11.0. The summed E-state index contributed by atoms with van der Waals surface area (Å²) < 4.78 is 33.0. The largest absolute Gasteiger partial charge is 0.472 e. The Kier molecular flexibility index (Phi) is 3.53. The highest BCUT2D eigenvalue weighted by atomic mass is 32.2. The second kappa shape index (κ2) is 4.95. The molecule has 2 aromatic heterocycles. The molecule has 0 unspecified atom stereocenters. The number of furan rings is 1. The van der Waals surface area contributed by atoms with Crippen molar-refractivity contribution >= 4 is 10.0 Å². The van der Waals surface area contributed by atoms with Gasteiger partial charge in [-0.3, -0.25) is 4.68 Å². The molecule has 2 rings (SSSR count). The summed E-state index contributed by atoms with van der Waals surface area (Å²) in [6, 6.07) is 1.60. The van der Waals surface area contributed by atoms with E-state index >= 15 is 0 Å². The van der Waals surface area contributed by atoms with Crippen LogP contribution < -0.4 is 4.72 Å². The molecule has 1 N–H and O–H groups in total. The molecule has 2 heterocycles. The van der Waals surface area contributed by atoms with Crippen LogP contribution in [0.2, 0.25) is 0 Å². The Balaban J connectivity index is 2.04. The van der Waals surface area contributed by atoms with Gasteiger partial charge in [-0.15, -0.1) is 0 Å². The fourth-order valence-electron chi connectivity index (χ4n) is 1.67. The van der Waals surface area contributed by atoms with Crippen LogP contribution in [0.25, 0.3) is 0 Å². The van der Waals surface area contributed by atoms with Gasteiger partial charge in [-0.25, -0.2) is 13.1 Å². The lowest BCUT2D eigenvalue weighted by Crippen LogP contribution is -2.33. The quantitative estimate of drug-likeness (QED) is 0.875. The van der Waals surface area contributed by atoms with E-state index in [9.17, 15) is 8.42 Å². The molecule has 0 fully saturated rings.